The Morgan fingerprint density at radius 1 is 0.714 bits per heavy atom. The van der Waals surface area contributed by atoms with E-state index in [1.807, 2.05) is 0 Å². The van der Waals surface area contributed by atoms with Crippen molar-refractivity contribution in [3.05, 3.63) is 0 Å². The quantitative estimate of drug-likeness (QED) is 0.538. The van der Waals surface area contributed by atoms with Crippen molar-refractivity contribution in [2.45, 2.75) is 0 Å². The second-order valence-electron chi connectivity index (χ2n) is 0.745. The molecule has 0 radical (unpaired) electrons. The van der Waals surface area contributed by atoms with Crippen LogP contribution in [-0.2, 0) is 51.4 Å². The summed E-state index contributed by atoms with van der Waals surface area (Å²) in [6.07, 6.45) is 0. The molecule has 0 amide bonds. The van der Waals surface area contributed by atoms with Gasteiger partial charge < -0.3 is 0 Å². The summed E-state index contributed by atoms with van der Waals surface area (Å²) >= 11 is -8.05. The van der Waals surface area contributed by atoms with E-state index in [1.54, 1.807) is 0 Å². The number of rotatable bonds is 0. The van der Waals surface area contributed by atoms with Crippen LogP contribution in [-0.4, -0.2) is 0 Å². The maximum absolute atomic E-state index is 8.67. The molecule has 0 heterocycles. The van der Waals surface area contributed by atoms with Gasteiger partial charge in [0.05, 0.1) is 0 Å². The van der Waals surface area contributed by atoms with Crippen molar-refractivity contribution >= 4 is 0 Å². The van der Waals surface area contributed by atoms with Crippen LogP contribution in [0.1, 0.15) is 0 Å². The summed E-state index contributed by atoms with van der Waals surface area (Å²) in [6.45, 7) is 0. The van der Waals surface area contributed by atoms with Gasteiger partial charge in [-0.15, -0.1) is 0 Å². The van der Waals surface area contributed by atoms with Crippen LogP contribution in [0.2, 0.25) is 0 Å². The van der Waals surface area contributed by atoms with E-state index in [0.717, 1.165) is 0 Å². The fourth-order valence-electron chi connectivity index (χ4n) is 0. The SMILES string of the molecule is [O]=[Ta](=[O])(=[O])(=[O])=[O].[Ru]. The van der Waals surface area contributed by atoms with Gasteiger partial charge in [0.25, 0.3) is 0 Å². The molecule has 0 aliphatic carbocycles. The molecule has 7 heteroatoms. The van der Waals surface area contributed by atoms with Crippen molar-refractivity contribution in [3.8, 4) is 0 Å². The van der Waals surface area contributed by atoms with Crippen LogP contribution < -0.4 is 0 Å². The molecule has 0 rings (SSSR count). The Morgan fingerprint density at radius 3 is 0.714 bits per heavy atom. The van der Waals surface area contributed by atoms with Gasteiger partial charge in [-0.1, -0.05) is 0 Å². The molecule has 5 nitrogen and oxygen atoms in total. The van der Waals surface area contributed by atoms with Crippen LogP contribution in [0.25, 0.3) is 0 Å². The molecule has 0 fully saturated rings. The molecule has 0 aliphatic rings. The number of hydrogen-bond donors (Lipinski definition) is 0. The molecule has 7 heavy (non-hydrogen) atoms. The van der Waals surface area contributed by atoms with Gasteiger partial charge in [0, 0.05) is 19.5 Å². The summed E-state index contributed by atoms with van der Waals surface area (Å²) in [5, 5.41) is 0. The summed E-state index contributed by atoms with van der Waals surface area (Å²) in [5.41, 5.74) is 0. The Balaban J connectivity index is 0. The zero-order valence-corrected chi connectivity index (χ0v) is 7.79. The second kappa shape index (κ2) is 1.70. The van der Waals surface area contributed by atoms with Gasteiger partial charge in [-0.25, -0.2) is 0 Å². The van der Waals surface area contributed by atoms with E-state index < -0.39 is 15.7 Å². The van der Waals surface area contributed by atoms with E-state index in [-0.39, 0.29) is 19.5 Å². The average Bonchev–Trinajstić information content (AvgIpc) is 0.650. The fourth-order valence-corrected chi connectivity index (χ4v) is 0. The minimum atomic E-state index is -8.05. The monoisotopic (exact) mass is 363 g/mol. The Kier molecular flexibility index (Phi) is 2.52. The van der Waals surface area contributed by atoms with E-state index in [9.17, 15) is 0 Å². The third kappa shape index (κ3) is 916. The van der Waals surface area contributed by atoms with E-state index in [4.69, 9.17) is 16.3 Å². The molecule has 0 N–H and O–H groups in total. The van der Waals surface area contributed by atoms with Crippen LogP contribution in [0.4, 0.5) is 0 Å². The minimum Gasteiger partial charge on any atom is 0 e. The van der Waals surface area contributed by atoms with E-state index in [2.05, 4.69) is 0 Å². The second-order valence-corrected chi connectivity index (χ2v) is 6.10. The zero-order valence-electron chi connectivity index (χ0n) is 2.84. The van der Waals surface area contributed by atoms with Crippen molar-refractivity contribution in [1.82, 2.24) is 0 Å². The summed E-state index contributed by atoms with van der Waals surface area (Å²) in [6, 6.07) is 0. The number of hydrogen-bond acceptors (Lipinski definition) is 5. The maximum atomic E-state index is 8.67. The third-order valence-corrected chi connectivity index (χ3v) is 0. The van der Waals surface area contributed by atoms with Crippen LogP contribution >= 0.6 is 0 Å². The summed E-state index contributed by atoms with van der Waals surface area (Å²) in [4.78, 5) is 0. The van der Waals surface area contributed by atoms with E-state index in [1.165, 1.54) is 0 Å². The Morgan fingerprint density at radius 2 is 0.714 bits per heavy atom. The topological polar surface area (TPSA) is 85.3 Å². The first-order chi connectivity index (χ1) is 2.24. The third-order valence-electron chi connectivity index (χ3n) is 0. The zero-order chi connectivity index (χ0) is 5.45. The van der Waals surface area contributed by atoms with Crippen molar-refractivity contribution in [3.63, 3.8) is 0 Å². The Hall–Kier alpha value is 0.364. The maximum Gasteiger partial charge on any atom is 0 e. The summed E-state index contributed by atoms with van der Waals surface area (Å²) in [7, 11) is 0. The van der Waals surface area contributed by atoms with Crippen LogP contribution in [0.3, 0.4) is 0 Å². The Labute approximate surface area is 51.5 Å². The molecule has 0 saturated heterocycles. The molecule has 0 aromatic carbocycles. The van der Waals surface area contributed by atoms with Crippen LogP contribution in [0.5, 0.6) is 0 Å². The molecule has 0 atom stereocenters. The normalized spacial score (nSPS) is 8.57. The van der Waals surface area contributed by atoms with Gasteiger partial charge in [0.2, 0.25) is 0 Å². The summed E-state index contributed by atoms with van der Waals surface area (Å²) < 4.78 is 43.4. The van der Waals surface area contributed by atoms with Crippen molar-refractivity contribution < 1.29 is 51.4 Å². The summed E-state index contributed by atoms with van der Waals surface area (Å²) in [5.74, 6) is 0. The van der Waals surface area contributed by atoms with Crippen LogP contribution in [0, 0.1) is 0 Å². The van der Waals surface area contributed by atoms with Crippen molar-refractivity contribution in [1.29, 1.82) is 0 Å². The first-order valence-electron chi connectivity index (χ1n) is 0.913. The first kappa shape index (κ1) is 10.4. The minimum absolute atomic E-state index is 0. The van der Waals surface area contributed by atoms with E-state index >= 15 is 0 Å². The van der Waals surface area contributed by atoms with Gasteiger partial charge in [0.15, 0.2) is 0 Å². The molecule has 0 aromatic rings. The molecular formula is O5RuTa. The van der Waals surface area contributed by atoms with Crippen LogP contribution in [0.15, 0.2) is 0 Å². The molecule has 0 unspecified atom stereocenters. The van der Waals surface area contributed by atoms with Crippen molar-refractivity contribution in [2.24, 2.45) is 0 Å². The molecule has 43 valence electrons. The van der Waals surface area contributed by atoms with Gasteiger partial charge >= 0.3 is 31.9 Å². The average molecular weight is 362 g/mol. The molecular weight excluding hydrogens is 362 g/mol. The van der Waals surface area contributed by atoms with Crippen molar-refractivity contribution in [2.75, 3.05) is 0 Å². The predicted molar refractivity (Wildman–Crippen MR) is 3.43 cm³/mol. The first-order valence-corrected chi connectivity index (χ1v) is 7.47. The molecule has 0 bridgehead atoms. The van der Waals surface area contributed by atoms with Gasteiger partial charge in [0.1, 0.15) is 0 Å². The fraction of sp³-hybridized carbons (Fsp3) is 0. The molecule has 0 saturated carbocycles. The molecule has 0 aliphatic heterocycles. The smallest absolute Gasteiger partial charge is 0 e. The standard InChI is InChI=1S/5O.Ru.Ta. The van der Waals surface area contributed by atoms with Gasteiger partial charge in [-0.2, -0.15) is 0 Å². The van der Waals surface area contributed by atoms with E-state index in [0.29, 0.717) is 0 Å². The largest absolute Gasteiger partial charge is 0 e. The molecule has 0 spiro atoms. The molecule has 0 aromatic heterocycles. The van der Waals surface area contributed by atoms with Gasteiger partial charge in [-0.3, -0.25) is 0 Å². The predicted octanol–water partition coefficient (Wildman–Crippen LogP) is -0.599. The van der Waals surface area contributed by atoms with Gasteiger partial charge in [-0.05, 0) is 0 Å². The Bertz CT molecular complexity index is 278.